The summed E-state index contributed by atoms with van der Waals surface area (Å²) >= 11 is 0. The van der Waals surface area contributed by atoms with E-state index in [0.29, 0.717) is 11.3 Å². The van der Waals surface area contributed by atoms with Gasteiger partial charge in [-0.25, -0.2) is 9.59 Å². The smallest absolute Gasteiger partial charge is 0.379 e. The zero-order valence-electron chi connectivity index (χ0n) is 11.4. The number of rotatable bonds is 3. The molecule has 0 fully saturated rings. The van der Waals surface area contributed by atoms with E-state index in [0.717, 1.165) is 0 Å². The molecular weight excluding hydrogens is 272 g/mol. The second-order valence-electron chi connectivity index (χ2n) is 3.93. The van der Waals surface area contributed by atoms with Crippen LogP contribution in [0.5, 0.6) is 5.75 Å². The highest BCUT2D eigenvalue weighted by Gasteiger charge is 2.09. The average molecular weight is 286 g/mol. The van der Waals surface area contributed by atoms with E-state index >= 15 is 0 Å². The highest BCUT2D eigenvalue weighted by atomic mass is 16.5. The van der Waals surface area contributed by atoms with Crippen LogP contribution in [0.15, 0.2) is 60.7 Å². The van der Waals surface area contributed by atoms with Crippen molar-refractivity contribution in [3.05, 3.63) is 66.2 Å². The van der Waals surface area contributed by atoms with E-state index in [1.807, 2.05) is 0 Å². The van der Waals surface area contributed by atoms with Gasteiger partial charge in [0.1, 0.15) is 5.75 Å². The van der Waals surface area contributed by atoms with Crippen molar-refractivity contribution in [1.82, 2.24) is 0 Å². The van der Waals surface area contributed by atoms with E-state index in [1.165, 1.54) is 6.92 Å². The molecule has 5 nitrogen and oxygen atoms in total. The van der Waals surface area contributed by atoms with Gasteiger partial charge in [-0.15, -0.1) is 0 Å². The van der Waals surface area contributed by atoms with Gasteiger partial charge < -0.3 is 9.84 Å². The summed E-state index contributed by atoms with van der Waals surface area (Å²) in [6.07, 6.45) is 0. The third-order valence-electron chi connectivity index (χ3n) is 2.26. The molecule has 2 aromatic rings. The fourth-order valence-corrected chi connectivity index (χ4v) is 1.25. The summed E-state index contributed by atoms with van der Waals surface area (Å²) in [7, 11) is 0. The zero-order chi connectivity index (χ0) is 15.7. The van der Waals surface area contributed by atoms with Gasteiger partial charge in [0.15, 0.2) is 0 Å². The Morgan fingerprint density at radius 1 is 0.857 bits per heavy atom. The molecule has 0 aliphatic heterocycles. The quantitative estimate of drug-likeness (QED) is 0.533. The topological polar surface area (TPSA) is 80.7 Å². The Labute approximate surface area is 121 Å². The number of hydrogen-bond acceptors (Lipinski definition) is 4. The number of hydrogen-bond donors (Lipinski definition) is 1. The minimum Gasteiger partial charge on any atom is -0.478 e. The summed E-state index contributed by atoms with van der Waals surface area (Å²) < 4.78 is 4.69. The summed E-state index contributed by atoms with van der Waals surface area (Å²) in [5.74, 6) is -1.92. The second kappa shape index (κ2) is 8.27. The lowest BCUT2D eigenvalue weighted by Crippen LogP contribution is -2.16. The molecule has 0 unspecified atom stereocenters. The Morgan fingerprint density at radius 3 is 1.71 bits per heavy atom. The molecule has 21 heavy (non-hydrogen) atoms. The lowest BCUT2D eigenvalue weighted by atomic mass is 10.2. The number of esters is 1. The van der Waals surface area contributed by atoms with E-state index in [4.69, 9.17) is 5.11 Å². The van der Waals surface area contributed by atoms with Crippen molar-refractivity contribution in [2.45, 2.75) is 6.92 Å². The van der Waals surface area contributed by atoms with Gasteiger partial charge in [-0.3, -0.25) is 4.79 Å². The van der Waals surface area contributed by atoms with Crippen molar-refractivity contribution in [3.63, 3.8) is 0 Å². The van der Waals surface area contributed by atoms with Gasteiger partial charge in [0, 0.05) is 6.92 Å². The van der Waals surface area contributed by atoms with Gasteiger partial charge >= 0.3 is 11.9 Å². The predicted molar refractivity (Wildman–Crippen MR) is 76.2 cm³/mol. The zero-order valence-corrected chi connectivity index (χ0v) is 11.4. The van der Waals surface area contributed by atoms with Crippen molar-refractivity contribution in [2.24, 2.45) is 0 Å². The minimum atomic E-state index is -0.879. The molecule has 0 bridgehead atoms. The fourth-order valence-electron chi connectivity index (χ4n) is 1.25. The first-order chi connectivity index (χ1) is 10.0. The van der Waals surface area contributed by atoms with Crippen LogP contribution in [0, 0.1) is 0 Å². The van der Waals surface area contributed by atoms with Crippen molar-refractivity contribution in [2.75, 3.05) is 0 Å². The molecule has 0 atom stereocenters. The van der Waals surface area contributed by atoms with Crippen molar-refractivity contribution in [3.8, 4) is 5.75 Å². The second-order valence-corrected chi connectivity index (χ2v) is 3.93. The number of ketones is 1. The third kappa shape index (κ3) is 6.15. The van der Waals surface area contributed by atoms with Crippen molar-refractivity contribution < 1.29 is 24.2 Å². The molecule has 0 saturated carbocycles. The van der Waals surface area contributed by atoms with E-state index in [9.17, 15) is 14.4 Å². The maximum absolute atomic E-state index is 10.7. The summed E-state index contributed by atoms with van der Waals surface area (Å²) in [6, 6.07) is 16.8. The Hall–Kier alpha value is -2.95. The summed E-state index contributed by atoms with van der Waals surface area (Å²) in [4.78, 5) is 31.4. The van der Waals surface area contributed by atoms with Crippen LogP contribution >= 0.6 is 0 Å². The Balaban J connectivity index is 0.000000219. The van der Waals surface area contributed by atoms with E-state index in [-0.39, 0.29) is 0 Å². The van der Waals surface area contributed by atoms with Crippen LogP contribution in [-0.2, 0) is 9.59 Å². The molecule has 0 saturated heterocycles. The molecule has 0 aliphatic rings. The first-order valence-electron chi connectivity index (χ1n) is 6.07. The van der Waals surface area contributed by atoms with Gasteiger partial charge in [-0.1, -0.05) is 36.4 Å². The number of Topliss-reactive ketones (excluding diaryl/α,β-unsaturated/α-hetero) is 1. The largest absolute Gasteiger partial charge is 0.478 e. The van der Waals surface area contributed by atoms with Gasteiger partial charge in [0.05, 0.1) is 5.56 Å². The van der Waals surface area contributed by atoms with Crippen molar-refractivity contribution in [1.29, 1.82) is 0 Å². The van der Waals surface area contributed by atoms with E-state index in [1.54, 1.807) is 60.7 Å². The molecule has 0 aliphatic carbocycles. The third-order valence-corrected chi connectivity index (χ3v) is 2.26. The summed E-state index contributed by atoms with van der Waals surface area (Å²) in [6.45, 7) is 1.17. The number of carbonyl (C=O) groups excluding carboxylic acids is 2. The number of para-hydroxylation sites is 1. The Morgan fingerprint density at radius 2 is 1.33 bits per heavy atom. The van der Waals surface area contributed by atoms with Gasteiger partial charge in [-0.2, -0.15) is 0 Å². The number of benzene rings is 2. The molecule has 0 spiro atoms. The first kappa shape index (κ1) is 16.1. The van der Waals surface area contributed by atoms with Gasteiger partial charge in [0.25, 0.3) is 0 Å². The molecule has 2 aromatic carbocycles. The molecule has 2 rings (SSSR count). The lowest BCUT2D eigenvalue weighted by molar-refractivity contribution is -0.146. The Bertz CT molecular complexity index is 605. The molecular formula is C16H14O5. The summed E-state index contributed by atoms with van der Waals surface area (Å²) in [5, 5.41) is 8.38. The molecule has 5 heteroatoms. The molecule has 108 valence electrons. The Kier molecular flexibility index (Phi) is 6.34. The molecule has 0 aromatic heterocycles. The minimum absolute atomic E-state index is 0.331. The number of carbonyl (C=O) groups is 3. The standard InChI is InChI=1S/C9H8O3.C7H6O2/c1-7(10)9(11)12-8-5-3-2-4-6-8;8-7(9)6-4-2-1-3-5-6/h2-6H,1H3;1-5H,(H,8,9). The van der Waals surface area contributed by atoms with Crippen LogP contribution in [0.4, 0.5) is 0 Å². The number of aromatic carboxylic acids is 1. The van der Waals surface area contributed by atoms with Crippen molar-refractivity contribution >= 4 is 17.7 Å². The molecule has 0 amide bonds. The maximum atomic E-state index is 10.7. The van der Waals surface area contributed by atoms with Crippen LogP contribution < -0.4 is 4.74 Å². The number of carboxylic acid groups (broad SMARTS) is 1. The van der Waals surface area contributed by atoms with E-state index in [2.05, 4.69) is 4.74 Å². The normalized spacial score (nSPS) is 9.00. The van der Waals surface area contributed by atoms with Crippen LogP contribution in [-0.4, -0.2) is 22.8 Å². The molecule has 0 heterocycles. The average Bonchev–Trinajstić information content (AvgIpc) is 2.49. The lowest BCUT2D eigenvalue weighted by Gasteiger charge is -1.99. The monoisotopic (exact) mass is 286 g/mol. The summed E-state index contributed by atoms with van der Waals surface area (Å²) in [5.41, 5.74) is 0.331. The predicted octanol–water partition coefficient (Wildman–Crippen LogP) is 2.57. The molecule has 1 N–H and O–H groups in total. The van der Waals surface area contributed by atoms with Gasteiger partial charge in [-0.05, 0) is 24.3 Å². The van der Waals surface area contributed by atoms with Crippen LogP contribution in [0.2, 0.25) is 0 Å². The van der Waals surface area contributed by atoms with Crippen LogP contribution in [0.1, 0.15) is 17.3 Å². The fraction of sp³-hybridized carbons (Fsp3) is 0.0625. The number of carboxylic acids is 1. The number of ether oxygens (including phenoxy) is 1. The molecule has 0 radical (unpaired) electrons. The first-order valence-corrected chi connectivity index (χ1v) is 6.07. The van der Waals surface area contributed by atoms with Crippen LogP contribution in [0.3, 0.4) is 0 Å². The maximum Gasteiger partial charge on any atom is 0.379 e. The highest BCUT2D eigenvalue weighted by Crippen LogP contribution is 2.08. The van der Waals surface area contributed by atoms with Gasteiger partial charge in [0.2, 0.25) is 5.78 Å². The van der Waals surface area contributed by atoms with E-state index < -0.39 is 17.7 Å². The van der Waals surface area contributed by atoms with Crippen LogP contribution in [0.25, 0.3) is 0 Å². The highest BCUT2D eigenvalue weighted by molar-refractivity contribution is 6.33. The SMILES string of the molecule is CC(=O)C(=O)Oc1ccccc1.O=C(O)c1ccccc1.